The van der Waals surface area contributed by atoms with Crippen molar-refractivity contribution in [3.8, 4) is 11.5 Å². The molecule has 0 saturated carbocycles. The van der Waals surface area contributed by atoms with Crippen LogP contribution in [0.15, 0.2) is 36.4 Å². The number of fused-ring (bicyclic) bond motifs is 1. The predicted octanol–water partition coefficient (Wildman–Crippen LogP) is 2.46. The maximum atomic E-state index is 13.4. The molecule has 0 unspecified atom stereocenters. The number of esters is 4. The standard InChI is InChI=1S/C24H24N2O10/c1-5-33-22(29)24(23(30)34-6-2)20-18(36-14(4)28)12-11-17(35-13(3)27)19(20)21(25-24)15-7-9-16(10-8-15)26(31)32/h7-12,21,25H,5-6H2,1-4H3/t21-/m1/s1. The molecule has 12 heteroatoms. The third-order valence-corrected chi connectivity index (χ3v) is 5.30. The van der Waals surface area contributed by atoms with Crippen molar-refractivity contribution in [3.63, 3.8) is 0 Å². The molecule has 1 atom stereocenters. The van der Waals surface area contributed by atoms with E-state index in [1.54, 1.807) is 13.8 Å². The quantitative estimate of drug-likeness (QED) is 0.186. The molecule has 1 aliphatic heterocycles. The van der Waals surface area contributed by atoms with Gasteiger partial charge in [0.05, 0.1) is 24.2 Å². The van der Waals surface area contributed by atoms with Gasteiger partial charge < -0.3 is 18.9 Å². The molecule has 1 N–H and O–H groups in total. The van der Waals surface area contributed by atoms with E-state index in [0.717, 1.165) is 6.92 Å². The fraction of sp³-hybridized carbons (Fsp3) is 0.333. The number of carbonyl (C=O) groups is 4. The molecule has 2 aromatic rings. The number of nitrogens with one attached hydrogen (secondary N) is 1. The van der Waals surface area contributed by atoms with Gasteiger partial charge in [0.2, 0.25) is 5.54 Å². The lowest BCUT2D eigenvalue weighted by molar-refractivity contribution is -0.384. The molecule has 0 radical (unpaired) electrons. The van der Waals surface area contributed by atoms with E-state index in [2.05, 4.69) is 5.32 Å². The molecule has 0 fully saturated rings. The lowest BCUT2D eigenvalue weighted by atomic mass is 9.87. The largest absolute Gasteiger partial charge is 0.464 e. The van der Waals surface area contributed by atoms with Crippen molar-refractivity contribution in [1.82, 2.24) is 5.32 Å². The number of hydrogen-bond donors (Lipinski definition) is 1. The Morgan fingerprint density at radius 3 is 1.86 bits per heavy atom. The van der Waals surface area contributed by atoms with E-state index < -0.39 is 40.4 Å². The zero-order valence-corrected chi connectivity index (χ0v) is 20.0. The highest BCUT2D eigenvalue weighted by Crippen LogP contribution is 2.51. The van der Waals surface area contributed by atoms with Crippen LogP contribution in [-0.4, -0.2) is 42.0 Å². The van der Waals surface area contributed by atoms with Gasteiger partial charge in [0, 0.05) is 37.1 Å². The Hall–Kier alpha value is -4.32. The van der Waals surface area contributed by atoms with Gasteiger partial charge in [-0.05, 0) is 31.5 Å². The highest BCUT2D eigenvalue weighted by Gasteiger charge is 2.60. The Morgan fingerprint density at radius 2 is 1.39 bits per heavy atom. The summed E-state index contributed by atoms with van der Waals surface area (Å²) < 4.78 is 21.2. The molecule has 12 nitrogen and oxygen atoms in total. The van der Waals surface area contributed by atoms with Gasteiger partial charge in [-0.2, -0.15) is 0 Å². The summed E-state index contributed by atoms with van der Waals surface area (Å²) in [7, 11) is 0. The number of nitro benzene ring substituents is 1. The first-order chi connectivity index (χ1) is 17.1. The van der Waals surface area contributed by atoms with E-state index in [0.29, 0.717) is 5.56 Å². The number of non-ortho nitro benzene ring substituents is 1. The highest BCUT2D eigenvalue weighted by molar-refractivity contribution is 6.08. The summed E-state index contributed by atoms with van der Waals surface area (Å²) in [6, 6.07) is 6.93. The Labute approximate surface area is 205 Å². The molecule has 0 saturated heterocycles. The van der Waals surface area contributed by atoms with E-state index in [1.165, 1.54) is 43.3 Å². The second-order valence-corrected chi connectivity index (χ2v) is 7.65. The molecular formula is C24H24N2O10. The van der Waals surface area contributed by atoms with Gasteiger partial charge in [-0.25, -0.2) is 9.59 Å². The molecule has 0 amide bonds. The highest BCUT2D eigenvalue weighted by atomic mass is 16.6. The van der Waals surface area contributed by atoms with Crippen molar-refractivity contribution in [3.05, 3.63) is 63.2 Å². The Balaban J connectivity index is 2.40. The van der Waals surface area contributed by atoms with Gasteiger partial charge in [-0.15, -0.1) is 0 Å². The van der Waals surface area contributed by atoms with Crippen LogP contribution in [0.2, 0.25) is 0 Å². The van der Waals surface area contributed by atoms with Gasteiger partial charge in [0.25, 0.3) is 5.69 Å². The van der Waals surface area contributed by atoms with Crippen LogP contribution < -0.4 is 14.8 Å². The zero-order chi connectivity index (χ0) is 26.6. The smallest absolute Gasteiger partial charge is 0.343 e. The number of hydrogen-bond acceptors (Lipinski definition) is 11. The maximum absolute atomic E-state index is 13.4. The Kier molecular flexibility index (Phi) is 7.68. The molecule has 1 aliphatic rings. The molecule has 1 heterocycles. The van der Waals surface area contributed by atoms with Crippen molar-refractivity contribution < 1.29 is 43.0 Å². The van der Waals surface area contributed by atoms with Gasteiger partial charge >= 0.3 is 23.9 Å². The maximum Gasteiger partial charge on any atom is 0.343 e. The van der Waals surface area contributed by atoms with Crippen molar-refractivity contribution in [2.45, 2.75) is 39.3 Å². The Morgan fingerprint density at radius 1 is 0.889 bits per heavy atom. The summed E-state index contributed by atoms with van der Waals surface area (Å²) in [5.74, 6) is -3.70. The summed E-state index contributed by atoms with van der Waals surface area (Å²) >= 11 is 0. The first kappa shape index (κ1) is 26.3. The fourth-order valence-electron chi connectivity index (χ4n) is 4.02. The molecule has 2 aromatic carbocycles. The van der Waals surface area contributed by atoms with Gasteiger partial charge in [0.15, 0.2) is 0 Å². The SMILES string of the molecule is CCOC(=O)C1(C(=O)OCC)N[C@H](c2ccc([N+](=O)[O-])cc2)c2c(OC(C)=O)ccc(OC(C)=O)c21. The topological polar surface area (TPSA) is 160 Å². The van der Waals surface area contributed by atoms with Gasteiger partial charge in [-0.1, -0.05) is 12.1 Å². The predicted molar refractivity (Wildman–Crippen MR) is 122 cm³/mol. The summed E-state index contributed by atoms with van der Waals surface area (Å²) in [5.41, 5.74) is -2.12. The van der Waals surface area contributed by atoms with E-state index in [4.69, 9.17) is 18.9 Å². The minimum absolute atomic E-state index is 0.0280. The van der Waals surface area contributed by atoms with Crippen LogP contribution in [0.4, 0.5) is 5.69 Å². The molecule has 0 spiro atoms. The molecule has 36 heavy (non-hydrogen) atoms. The monoisotopic (exact) mass is 500 g/mol. The number of nitrogens with zero attached hydrogens (tertiary/aromatic N) is 1. The molecular weight excluding hydrogens is 476 g/mol. The number of nitro groups is 1. The zero-order valence-electron chi connectivity index (χ0n) is 20.0. The molecule has 0 bridgehead atoms. The van der Waals surface area contributed by atoms with Crippen molar-refractivity contribution >= 4 is 29.6 Å². The lowest BCUT2D eigenvalue weighted by Crippen LogP contribution is -2.54. The molecule has 0 aliphatic carbocycles. The third kappa shape index (κ3) is 4.75. The first-order valence-electron chi connectivity index (χ1n) is 11.0. The van der Waals surface area contributed by atoms with E-state index in [9.17, 15) is 29.3 Å². The van der Waals surface area contributed by atoms with E-state index in [1.807, 2.05) is 0 Å². The first-order valence-corrected chi connectivity index (χ1v) is 11.0. The number of ether oxygens (including phenoxy) is 4. The number of benzene rings is 2. The van der Waals surface area contributed by atoms with Crippen molar-refractivity contribution in [2.75, 3.05) is 13.2 Å². The summed E-state index contributed by atoms with van der Waals surface area (Å²) in [6.07, 6.45) is 0. The molecule has 0 aromatic heterocycles. The van der Waals surface area contributed by atoms with E-state index >= 15 is 0 Å². The Bertz CT molecular complexity index is 1200. The molecule has 3 rings (SSSR count). The van der Waals surface area contributed by atoms with Crippen molar-refractivity contribution in [2.24, 2.45) is 0 Å². The second-order valence-electron chi connectivity index (χ2n) is 7.65. The van der Waals surface area contributed by atoms with Crippen molar-refractivity contribution in [1.29, 1.82) is 0 Å². The summed E-state index contributed by atoms with van der Waals surface area (Å²) in [6.45, 7) is 5.21. The number of rotatable bonds is 8. The van der Waals surface area contributed by atoms with Crippen LogP contribution in [0.25, 0.3) is 0 Å². The van der Waals surface area contributed by atoms with E-state index in [-0.39, 0.29) is 41.5 Å². The normalized spacial score (nSPS) is 15.4. The number of carbonyl (C=O) groups excluding carboxylic acids is 4. The average Bonchev–Trinajstić information content (AvgIpc) is 3.19. The summed E-state index contributed by atoms with van der Waals surface area (Å²) in [4.78, 5) is 61.2. The van der Waals surface area contributed by atoms with Crippen LogP contribution in [-0.2, 0) is 34.2 Å². The minimum Gasteiger partial charge on any atom is -0.464 e. The third-order valence-electron chi connectivity index (χ3n) is 5.30. The lowest BCUT2D eigenvalue weighted by Gasteiger charge is -2.27. The van der Waals surface area contributed by atoms with Crippen LogP contribution in [0.5, 0.6) is 11.5 Å². The van der Waals surface area contributed by atoms with Crippen LogP contribution in [0.1, 0.15) is 50.4 Å². The molecule has 190 valence electrons. The van der Waals surface area contributed by atoms with Crippen LogP contribution >= 0.6 is 0 Å². The minimum atomic E-state index is -2.31. The second kappa shape index (κ2) is 10.5. The summed E-state index contributed by atoms with van der Waals surface area (Å²) in [5, 5.41) is 14.1. The fourth-order valence-corrected chi connectivity index (χ4v) is 4.02. The van der Waals surface area contributed by atoms with Crippen LogP contribution in [0.3, 0.4) is 0 Å². The van der Waals surface area contributed by atoms with Gasteiger partial charge in [0.1, 0.15) is 11.5 Å². The van der Waals surface area contributed by atoms with Crippen LogP contribution in [0, 0.1) is 10.1 Å². The van der Waals surface area contributed by atoms with Gasteiger partial charge in [-0.3, -0.25) is 25.0 Å². The average molecular weight is 500 g/mol.